The maximum Gasteiger partial charge on any atom is 0.0877 e. The summed E-state index contributed by atoms with van der Waals surface area (Å²) in [6, 6.07) is 10.2. The Labute approximate surface area is 140 Å². The van der Waals surface area contributed by atoms with Gasteiger partial charge in [-0.25, -0.2) is 0 Å². The largest absolute Gasteiger partial charge is 0.396 e. The molecule has 1 aliphatic heterocycles. The fourth-order valence-corrected chi connectivity index (χ4v) is 3.48. The normalized spacial score (nSPS) is 32.4. The highest BCUT2D eigenvalue weighted by Gasteiger charge is 2.43. The molecule has 2 rings (SSSR count). The Morgan fingerprint density at radius 1 is 1.26 bits per heavy atom. The van der Waals surface area contributed by atoms with Crippen molar-refractivity contribution in [2.45, 2.75) is 52.1 Å². The molecule has 128 valence electrons. The first kappa shape index (κ1) is 18.2. The van der Waals surface area contributed by atoms with Crippen LogP contribution in [0.3, 0.4) is 0 Å². The van der Waals surface area contributed by atoms with Crippen LogP contribution in [-0.2, 0) is 16.1 Å². The molecule has 1 fully saturated rings. The third-order valence-electron chi connectivity index (χ3n) is 5.10. The number of hydrogen-bond donors (Lipinski definition) is 1. The van der Waals surface area contributed by atoms with Gasteiger partial charge in [-0.15, -0.1) is 6.58 Å². The molecule has 0 aromatic heterocycles. The molecule has 1 N–H and O–H groups in total. The molecule has 1 saturated heterocycles. The molecule has 0 radical (unpaired) electrons. The molecule has 6 atom stereocenters. The highest BCUT2D eigenvalue weighted by Crippen LogP contribution is 2.37. The second kappa shape index (κ2) is 8.62. The zero-order valence-corrected chi connectivity index (χ0v) is 14.5. The van der Waals surface area contributed by atoms with E-state index < -0.39 is 0 Å². The Balaban J connectivity index is 2.08. The van der Waals surface area contributed by atoms with Crippen molar-refractivity contribution < 1.29 is 14.6 Å². The average Bonchev–Trinajstić information content (AvgIpc) is 2.58. The summed E-state index contributed by atoms with van der Waals surface area (Å²) in [6.07, 6.45) is 2.78. The zero-order chi connectivity index (χ0) is 16.8. The summed E-state index contributed by atoms with van der Waals surface area (Å²) in [5.74, 6) is 0.852. The molecular weight excluding hydrogens is 288 g/mol. The van der Waals surface area contributed by atoms with Gasteiger partial charge >= 0.3 is 0 Å². The second-order valence-corrected chi connectivity index (χ2v) is 6.80. The molecule has 1 aromatic rings. The quantitative estimate of drug-likeness (QED) is 0.777. The van der Waals surface area contributed by atoms with Gasteiger partial charge in [0.25, 0.3) is 0 Å². The van der Waals surface area contributed by atoms with E-state index in [0.717, 1.165) is 6.42 Å². The standard InChI is InChI=1S/C20H30O3/c1-5-9-18-20(22-13-17-10-7-6-8-11-17)16(4)15(3)19(23-18)14(2)12-21/h5-8,10-11,14-16,18-21H,1,9,12-13H2,2-4H3/t14-,15+,16+,18+,19?,20?/m1/s1. The van der Waals surface area contributed by atoms with Crippen molar-refractivity contribution in [2.75, 3.05) is 6.61 Å². The van der Waals surface area contributed by atoms with E-state index in [0.29, 0.717) is 18.4 Å². The van der Waals surface area contributed by atoms with Gasteiger partial charge in [0, 0.05) is 12.5 Å². The van der Waals surface area contributed by atoms with Gasteiger partial charge in [-0.2, -0.15) is 0 Å². The Bertz CT molecular complexity index is 473. The lowest BCUT2D eigenvalue weighted by Gasteiger charge is -2.46. The van der Waals surface area contributed by atoms with Crippen LogP contribution in [0.25, 0.3) is 0 Å². The highest BCUT2D eigenvalue weighted by atomic mass is 16.6. The van der Waals surface area contributed by atoms with E-state index >= 15 is 0 Å². The Kier molecular flexibility index (Phi) is 6.82. The fraction of sp³-hybridized carbons (Fsp3) is 0.600. The Morgan fingerprint density at radius 2 is 1.96 bits per heavy atom. The van der Waals surface area contributed by atoms with Crippen molar-refractivity contribution in [3.63, 3.8) is 0 Å². The van der Waals surface area contributed by atoms with Crippen molar-refractivity contribution in [2.24, 2.45) is 17.8 Å². The predicted octanol–water partition coefficient (Wildman–Crippen LogP) is 3.82. The minimum atomic E-state index is 0.00131. The van der Waals surface area contributed by atoms with E-state index in [1.54, 1.807) is 0 Å². The summed E-state index contributed by atoms with van der Waals surface area (Å²) in [5, 5.41) is 9.49. The zero-order valence-electron chi connectivity index (χ0n) is 14.5. The van der Waals surface area contributed by atoms with E-state index in [1.165, 1.54) is 5.56 Å². The van der Waals surface area contributed by atoms with Crippen LogP contribution in [0.4, 0.5) is 0 Å². The van der Waals surface area contributed by atoms with Gasteiger partial charge in [0.2, 0.25) is 0 Å². The molecule has 23 heavy (non-hydrogen) atoms. The van der Waals surface area contributed by atoms with Gasteiger partial charge in [-0.05, 0) is 23.8 Å². The van der Waals surface area contributed by atoms with Crippen LogP contribution in [0.1, 0.15) is 32.8 Å². The predicted molar refractivity (Wildman–Crippen MR) is 93.1 cm³/mol. The summed E-state index contributed by atoms with van der Waals surface area (Å²) in [6.45, 7) is 11.1. The molecular formula is C20H30O3. The minimum absolute atomic E-state index is 0.00131. The van der Waals surface area contributed by atoms with Crippen LogP contribution in [-0.4, -0.2) is 30.0 Å². The lowest BCUT2D eigenvalue weighted by Crippen LogP contribution is -2.52. The molecule has 0 bridgehead atoms. The highest BCUT2D eigenvalue weighted by molar-refractivity contribution is 5.13. The lowest BCUT2D eigenvalue weighted by atomic mass is 9.77. The number of hydrogen-bond acceptors (Lipinski definition) is 3. The van der Waals surface area contributed by atoms with Gasteiger partial charge in [-0.1, -0.05) is 57.2 Å². The van der Waals surface area contributed by atoms with Crippen molar-refractivity contribution in [3.8, 4) is 0 Å². The maximum atomic E-state index is 9.49. The Hall–Kier alpha value is -1.16. The molecule has 1 heterocycles. The molecule has 1 aliphatic rings. The average molecular weight is 318 g/mol. The number of aliphatic hydroxyl groups excluding tert-OH is 1. The van der Waals surface area contributed by atoms with Gasteiger partial charge in [-0.3, -0.25) is 0 Å². The van der Waals surface area contributed by atoms with Crippen molar-refractivity contribution >= 4 is 0 Å². The van der Waals surface area contributed by atoms with E-state index in [1.807, 2.05) is 31.2 Å². The topological polar surface area (TPSA) is 38.7 Å². The van der Waals surface area contributed by atoms with Crippen molar-refractivity contribution in [3.05, 3.63) is 48.6 Å². The summed E-state index contributed by atoms with van der Waals surface area (Å²) in [4.78, 5) is 0. The van der Waals surface area contributed by atoms with Gasteiger partial charge in [0.05, 0.1) is 24.9 Å². The molecule has 2 unspecified atom stereocenters. The van der Waals surface area contributed by atoms with Crippen LogP contribution in [0.15, 0.2) is 43.0 Å². The van der Waals surface area contributed by atoms with Gasteiger partial charge in [0.1, 0.15) is 0 Å². The van der Waals surface area contributed by atoms with Gasteiger partial charge < -0.3 is 14.6 Å². The summed E-state index contributed by atoms with van der Waals surface area (Å²) in [5.41, 5.74) is 1.18. The first-order chi connectivity index (χ1) is 11.1. The minimum Gasteiger partial charge on any atom is -0.396 e. The second-order valence-electron chi connectivity index (χ2n) is 6.80. The molecule has 0 spiro atoms. The first-order valence-corrected chi connectivity index (χ1v) is 8.61. The van der Waals surface area contributed by atoms with Crippen molar-refractivity contribution in [1.82, 2.24) is 0 Å². The summed E-state index contributed by atoms with van der Waals surface area (Å²) >= 11 is 0. The van der Waals surface area contributed by atoms with E-state index in [2.05, 4.69) is 32.6 Å². The smallest absolute Gasteiger partial charge is 0.0877 e. The fourth-order valence-electron chi connectivity index (χ4n) is 3.48. The molecule has 1 aromatic carbocycles. The van der Waals surface area contributed by atoms with E-state index in [4.69, 9.17) is 9.47 Å². The molecule has 0 saturated carbocycles. The summed E-state index contributed by atoms with van der Waals surface area (Å²) < 4.78 is 12.6. The lowest BCUT2D eigenvalue weighted by molar-refractivity contribution is -0.203. The first-order valence-electron chi connectivity index (χ1n) is 8.61. The molecule has 0 aliphatic carbocycles. The number of benzene rings is 1. The third kappa shape index (κ3) is 4.43. The van der Waals surface area contributed by atoms with Crippen LogP contribution in [0.2, 0.25) is 0 Å². The van der Waals surface area contributed by atoms with E-state index in [-0.39, 0.29) is 30.8 Å². The van der Waals surface area contributed by atoms with Crippen LogP contribution >= 0.6 is 0 Å². The van der Waals surface area contributed by atoms with Gasteiger partial charge in [0.15, 0.2) is 0 Å². The molecule has 3 nitrogen and oxygen atoms in total. The Morgan fingerprint density at radius 3 is 2.57 bits per heavy atom. The molecule has 3 heteroatoms. The number of rotatable bonds is 7. The number of aliphatic hydroxyl groups is 1. The monoisotopic (exact) mass is 318 g/mol. The molecule has 0 amide bonds. The maximum absolute atomic E-state index is 9.49. The van der Waals surface area contributed by atoms with Crippen LogP contribution in [0, 0.1) is 17.8 Å². The van der Waals surface area contributed by atoms with Crippen molar-refractivity contribution in [1.29, 1.82) is 0 Å². The third-order valence-corrected chi connectivity index (χ3v) is 5.10. The SMILES string of the molecule is C=CC[C@@H]1OC([C@H](C)CO)[C@@H](C)[C@H](C)C1OCc1ccccc1. The summed E-state index contributed by atoms with van der Waals surface area (Å²) in [7, 11) is 0. The van der Waals surface area contributed by atoms with E-state index in [9.17, 15) is 5.11 Å². The van der Waals surface area contributed by atoms with Crippen LogP contribution in [0.5, 0.6) is 0 Å². The van der Waals surface area contributed by atoms with Crippen LogP contribution < -0.4 is 0 Å². The number of ether oxygens (including phenoxy) is 2.